The molecule has 0 heterocycles. The number of nitrogens with two attached hydrogens (primary N) is 1. The molecule has 0 saturated carbocycles. The molecule has 0 saturated heterocycles. The molecule has 0 aromatic rings. The average Bonchev–Trinajstić information content (AvgIpc) is 2.16. The Labute approximate surface area is 83.3 Å². The van der Waals surface area contributed by atoms with Crippen molar-refractivity contribution in [3.8, 4) is 0 Å². The summed E-state index contributed by atoms with van der Waals surface area (Å²) >= 11 is 0. The van der Waals surface area contributed by atoms with Crippen molar-refractivity contribution >= 4 is 11.7 Å². The largest absolute Gasteiger partial charge is 0.409 e. The summed E-state index contributed by atoms with van der Waals surface area (Å²) in [4.78, 5) is 12.7. The molecule has 0 aliphatic rings. The summed E-state index contributed by atoms with van der Waals surface area (Å²) < 4.78 is 4.69. The summed E-state index contributed by atoms with van der Waals surface area (Å²) in [6.07, 6.45) is 0. The number of carbonyl (C=O) groups is 1. The zero-order valence-corrected chi connectivity index (χ0v) is 8.73. The Hall–Kier alpha value is -1.30. The maximum absolute atomic E-state index is 11.2. The maximum atomic E-state index is 11.2. The summed E-state index contributed by atoms with van der Waals surface area (Å²) in [6.45, 7) is 2.21. The maximum Gasteiger partial charge on any atom is 0.248 e. The first-order valence-electron chi connectivity index (χ1n) is 4.23. The number of oxime groups is 1. The molecule has 6 heteroatoms. The van der Waals surface area contributed by atoms with Crippen molar-refractivity contribution in [1.82, 2.24) is 4.90 Å². The molecule has 1 atom stereocenters. The summed E-state index contributed by atoms with van der Waals surface area (Å²) in [5.74, 6) is -0.196. The van der Waals surface area contributed by atoms with Crippen LogP contribution in [0.3, 0.4) is 0 Å². The number of amides is 1. The monoisotopic (exact) mass is 203 g/mol. The standard InChI is InChI=1S/C8H17N3O3/c1-6(8(9)10-13)4-11(2)7(12)5-14-3/h6,13H,4-5H2,1-3H3,(H2,9,10). The highest BCUT2D eigenvalue weighted by Crippen LogP contribution is 1.98. The van der Waals surface area contributed by atoms with E-state index in [1.54, 1.807) is 14.0 Å². The SMILES string of the molecule is COCC(=O)N(C)CC(C)C(N)=NO. The van der Waals surface area contributed by atoms with Crippen molar-refractivity contribution in [1.29, 1.82) is 0 Å². The van der Waals surface area contributed by atoms with Crippen LogP contribution in [0.15, 0.2) is 5.16 Å². The lowest BCUT2D eigenvalue weighted by Crippen LogP contribution is -2.37. The van der Waals surface area contributed by atoms with Crippen molar-refractivity contribution in [3.05, 3.63) is 0 Å². The number of ether oxygens (including phenoxy) is 1. The zero-order valence-electron chi connectivity index (χ0n) is 8.73. The molecule has 0 fully saturated rings. The minimum absolute atomic E-state index is 0.0411. The molecular weight excluding hydrogens is 186 g/mol. The highest BCUT2D eigenvalue weighted by atomic mass is 16.5. The van der Waals surface area contributed by atoms with Crippen molar-refractivity contribution in [2.24, 2.45) is 16.8 Å². The summed E-state index contributed by atoms with van der Waals surface area (Å²) in [5, 5.41) is 11.3. The summed E-state index contributed by atoms with van der Waals surface area (Å²) in [7, 11) is 3.10. The number of hydrogen-bond donors (Lipinski definition) is 2. The van der Waals surface area contributed by atoms with Crippen LogP contribution in [-0.4, -0.2) is 49.2 Å². The molecule has 0 aromatic heterocycles. The van der Waals surface area contributed by atoms with Gasteiger partial charge in [-0.05, 0) is 0 Å². The van der Waals surface area contributed by atoms with Gasteiger partial charge in [0.05, 0.1) is 0 Å². The number of carbonyl (C=O) groups excluding carboxylic acids is 1. The molecule has 1 unspecified atom stereocenters. The van der Waals surface area contributed by atoms with Gasteiger partial charge in [0.2, 0.25) is 5.91 Å². The van der Waals surface area contributed by atoms with E-state index in [2.05, 4.69) is 5.16 Å². The molecule has 0 aromatic carbocycles. The molecular formula is C8H17N3O3. The van der Waals surface area contributed by atoms with Gasteiger partial charge in [-0.2, -0.15) is 0 Å². The highest BCUT2D eigenvalue weighted by Gasteiger charge is 2.14. The second-order valence-corrected chi connectivity index (χ2v) is 3.13. The molecule has 6 nitrogen and oxygen atoms in total. The molecule has 0 aliphatic heterocycles. The number of hydrogen-bond acceptors (Lipinski definition) is 4. The normalized spacial score (nSPS) is 13.8. The predicted octanol–water partition coefficient (Wildman–Crippen LogP) is -0.526. The van der Waals surface area contributed by atoms with E-state index in [0.29, 0.717) is 6.54 Å². The molecule has 0 bridgehead atoms. The van der Waals surface area contributed by atoms with Crippen LogP contribution >= 0.6 is 0 Å². The minimum Gasteiger partial charge on any atom is -0.409 e. The lowest BCUT2D eigenvalue weighted by atomic mass is 10.1. The van der Waals surface area contributed by atoms with Crippen LogP contribution in [-0.2, 0) is 9.53 Å². The fourth-order valence-electron chi connectivity index (χ4n) is 0.938. The van der Waals surface area contributed by atoms with E-state index in [1.807, 2.05) is 0 Å². The van der Waals surface area contributed by atoms with Gasteiger partial charge in [0, 0.05) is 26.6 Å². The number of amidine groups is 1. The van der Waals surface area contributed by atoms with E-state index in [9.17, 15) is 4.79 Å². The lowest BCUT2D eigenvalue weighted by Gasteiger charge is -2.20. The third-order valence-corrected chi connectivity index (χ3v) is 1.86. The van der Waals surface area contributed by atoms with Gasteiger partial charge in [-0.3, -0.25) is 4.79 Å². The van der Waals surface area contributed by atoms with Crippen LogP contribution in [0.5, 0.6) is 0 Å². The Morgan fingerprint density at radius 3 is 2.71 bits per heavy atom. The minimum atomic E-state index is -0.175. The van der Waals surface area contributed by atoms with Crippen molar-refractivity contribution < 1.29 is 14.7 Å². The first kappa shape index (κ1) is 12.7. The predicted molar refractivity (Wildman–Crippen MR) is 52.1 cm³/mol. The van der Waals surface area contributed by atoms with Gasteiger partial charge in [-0.1, -0.05) is 12.1 Å². The molecule has 0 aliphatic carbocycles. The fraction of sp³-hybridized carbons (Fsp3) is 0.750. The highest BCUT2D eigenvalue weighted by molar-refractivity contribution is 5.83. The lowest BCUT2D eigenvalue weighted by molar-refractivity contribution is -0.134. The Kier molecular flexibility index (Phi) is 5.62. The third kappa shape index (κ3) is 4.08. The van der Waals surface area contributed by atoms with Crippen molar-refractivity contribution in [2.45, 2.75) is 6.92 Å². The second-order valence-electron chi connectivity index (χ2n) is 3.13. The van der Waals surface area contributed by atoms with Crippen molar-refractivity contribution in [2.75, 3.05) is 27.3 Å². The van der Waals surface area contributed by atoms with Crippen LogP contribution in [0.25, 0.3) is 0 Å². The molecule has 1 amide bonds. The topological polar surface area (TPSA) is 88.2 Å². The van der Waals surface area contributed by atoms with Gasteiger partial charge < -0.3 is 20.6 Å². The van der Waals surface area contributed by atoms with Gasteiger partial charge in [0.15, 0.2) is 0 Å². The number of rotatable bonds is 5. The van der Waals surface area contributed by atoms with Crippen LogP contribution in [0.2, 0.25) is 0 Å². The van der Waals surface area contributed by atoms with Gasteiger partial charge >= 0.3 is 0 Å². The molecule has 14 heavy (non-hydrogen) atoms. The third-order valence-electron chi connectivity index (χ3n) is 1.86. The van der Waals surface area contributed by atoms with Gasteiger partial charge in [-0.25, -0.2) is 0 Å². The van der Waals surface area contributed by atoms with E-state index >= 15 is 0 Å². The van der Waals surface area contributed by atoms with Crippen molar-refractivity contribution in [3.63, 3.8) is 0 Å². The number of nitrogens with zero attached hydrogens (tertiary/aromatic N) is 2. The molecule has 0 spiro atoms. The zero-order chi connectivity index (χ0) is 11.1. The Morgan fingerprint density at radius 1 is 1.71 bits per heavy atom. The quantitative estimate of drug-likeness (QED) is 0.272. The van der Waals surface area contributed by atoms with E-state index in [-0.39, 0.29) is 24.3 Å². The number of methoxy groups -OCH3 is 1. The Bertz CT molecular complexity index is 218. The fourth-order valence-corrected chi connectivity index (χ4v) is 0.938. The first-order chi connectivity index (χ1) is 6.52. The Morgan fingerprint density at radius 2 is 2.29 bits per heavy atom. The number of likely N-dealkylation sites (N-methyl/N-ethyl adjacent to an activating group) is 1. The first-order valence-corrected chi connectivity index (χ1v) is 4.23. The van der Waals surface area contributed by atoms with Gasteiger partial charge in [-0.15, -0.1) is 0 Å². The van der Waals surface area contributed by atoms with Crippen LogP contribution in [0, 0.1) is 5.92 Å². The average molecular weight is 203 g/mol. The molecule has 0 rings (SSSR count). The van der Waals surface area contributed by atoms with E-state index in [0.717, 1.165) is 0 Å². The van der Waals surface area contributed by atoms with E-state index in [4.69, 9.17) is 15.7 Å². The Balaban J connectivity index is 4.05. The van der Waals surface area contributed by atoms with Crippen LogP contribution in [0.1, 0.15) is 6.92 Å². The van der Waals surface area contributed by atoms with Crippen LogP contribution in [0.4, 0.5) is 0 Å². The summed E-state index contributed by atoms with van der Waals surface area (Å²) in [6, 6.07) is 0. The molecule has 82 valence electrons. The van der Waals surface area contributed by atoms with Gasteiger partial charge in [0.25, 0.3) is 0 Å². The molecule has 0 radical (unpaired) electrons. The van der Waals surface area contributed by atoms with Crippen LogP contribution < -0.4 is 5.73 Å². The van der Waals surface area contributed by atoms with E-state index < -0.39 is 0 Å². The second kappa shape index (κ2) is 6.20. The van der Waals surface area contributed by atoms with E-state index in [1.165, 1.54) is 12.0 Å². The summed E-state index contributed by atoms with van der Waals surface area (Å²) in [5.41, 5.74) is 5.37. The van der Waals surface area contributed by atoms with Gasteiger partial charge in [0.1, 0.15) is 12.4 Å². The smallest absolute Gasteiger partial charge is 0.248 e. The molecule has 3 N–H and O–H groups in total.